The summed E-state index contributed by atoms with van der Waals surface area (Å²) in [6, 6.07) is 14.7. The van der Waals surface area contributed by atoms with Crippen LogP contribution in [0.5, 0.6) is 0 Å². The molecule has 7 amide bonds. The minimum absolute atomic E-state index is 0.0508. The van der Waals surface area contributed by atoms with Crippen LogP contribution >= 0.6 is 7.60 Å². The van der Waals surface area contributed by atoms with Crippen LogP contribution in [0.15, 0.2) is 72.8 Å². The van der Waals surface area contributed by atoms with E-state index < -0.39 is 66.6 Å². The summed E-state index contributed by atoms with van der Waals surface area (Å²) in [5, 5.41) is 13.4. The predicted octanol–water partition coefficient (Wildman–Crippen LogP) is 5.48. The number of benzene rings is 4. The molecule has 3 saturated heterocycles. The Morgan fingerprint density at radius 3 is 2.50 bits per heavy atom. The summed E-state index contributed by atoms with van der Waals surface area (Å²) in [6.45, 7) is 2.43. The van der Waals surface area contributed by atoms with E-state index in [1.54, 1.807) is 29.0 Å². The van der Waals surface area contributed by atoms with Gasteiger partial charge < -0.3 is 34.7 Å². The van der Waals surface area contributed by atoms with Gasteiger partial charge in [0.05, 0.1) is 12.1 Å². The number of imide groups is 1. The summed E-state index contributed by atoms with van der Waals surface area (Å²) in [7, 11) is -4.20. The number of carbonyl (C=O) groups is 7. The lowest BCUT2D eigenvalue weighted by atomic mass is 10.0. The van der Waals surface area contributed by atoms with Gasteiger partial charge in [0.2, 0.25) is 23.6 Å². The third-order valence-corrected chi connectivity index (χ3v) is 15.5. The molecular weight excluding hydrogens is 978 g/mol. The van der Waals surface area contributed by atoms with Crippen LogP contribution < -0.4 is 10.6 Å². The number of halogens is 2. The lowest BCUT2D eigenvalue weighted by Gasteiger charge is -2.39. The number of aromatic amines is 1. The largest absolute Gasteiger partial charge is 0.399 e. The number of amides is 7. The van der Waals surface area contributed by atoms with E-state index >= 15 is 0 Å². The van der Waals surface area contributed by atoms with Crippen molar-refractivity contribution in [3.8, 4) is 11.8 Å². The van der Waals surface area contributed by atoms with Crippen LogP contribution in [-0.2, 0) is 36.0 Å². The van der Waals surface area contributed by atoms with Gasteiger partial charge in [-0.2, -0.15) is 13.9 Å². The first-order valence-electron chi connectivity index (χ1n) is 24.7. The zero-order valence-corrected chi connectivity index (χ0v) is 41.6. The first kappa shape index (κ1) is 51.6. The molecule has 0 saturated carbocycles. The quantitative estimate of drug-likeness (QED) is 0.0428. The van der Waals surface area contributed by atoms with Gasteiger partial charge in [-0.25, -0.2) is 0 Å². The molecule has 0 bridgehead atoms. The molecule has 0 spiro atoms. The Kier molecular flexibility index (Phi) is 14.6. The molecule has 9 rings (SSSR count). The van der Waals surface area contributed by atoms with Crippen molar-refractivity contribution in [1.29, 1.82) is 0 Å². The van der Waals surface area contributed by atoms with Crippen LogP contribution in [0.25, 0.3) is 21.7 Å². The average Bonchev–Trinajstić information content (AvgIpc) is 4.09. The fourth-order valence-electron chi connectivity index (χ4n) is 10.5. The number of piperidine rings is 1. The maximum atomic E-state index is 14.9. The Hall–Kier alpha value is -7.33. The Bertz CT molecular complexity index is 3240. The van der Waals surface area contributed by atoms with E-state index in [1.807, 2.05) is 31.2 Å². The van der Waals surface area contributed by atoms with E-state index in [2.05, 4.69) is 32.7 Å². The Labute approximate surface area is 424 Å². The van der Waals surface area contributed by atoms with Gasteiger partial charge in [-0.1, -0.05) is 60.6 Å². The lowest BCUT2D eigenvalue weighted by Crippen LogP contribution is -2.61. The fraction of sp³-hybridized carbons (Fsp3) is 0.396. The van der Waals surface area contributed by atoms with Crippen LogP contribution in [-0.4, -0.2) is 132 Å². The molecule has 5 N–H and O–H groups in total. The topological polar surface area (TPSA) is 243 Å². The molecule has 4 atom stereocenters. The predicted molar refractivity (Wildman–Crippen MR) is 266 cm³/mol. The molecule has 5 aromatic rings. The Balaban J connectivity index is 0.845. The van der Waals surface area contributed by atoms with Crippen molar-refractivity contribution < 1.29 is 56.7 Å². The number of aromatic nitrogens is 2. The fourth-order valence-corrected chi connectivity index (χ4v) is 11.0. The van der Waals surface area contributed by atoms with Gasteiger partial charge in [0.25, 0.3) is 17.7 Å². The van der Waals surface area contributed by atoms with Gasteiger partial charge in [0.15, 0.2) is 5.69 Å². The molecule has 4 aliphatic heterocycles. The maximum absolute atomic E-state index is 14.9. The zero-order chi connectivity index (χ0) is 52.6. The summed E-state index contributed by atoms with van der Waals surface area (Å²) >= 11 is 0. The molecule has 4 aliphatic rings. The number of carbonyl (C=O) groups excluding carboxylic acids is 7. The standard InChI is InChI=1S/C53H55F2N8O10P/c1-31-13-19-41-39(26-31)46(59-58-41)52(70)61-25-23-37-18-20-44(63(37)50(68)42(30-61)56-47(65)34-15-14-32-16-17-36(28-35(32)27-34)53(54,55)74(71,72)73)51(69)60(2)24-8-6-4-3-5-7-10-33-11-9-12-38-40(33)29-62(49(38)67)43-21-22-45(64)57-48(43)66/h9,11-17,19,26-28,37,42-44H,3-6,8,18,20-25,29-30H2,1-2H3,(H,56,65)(H,58,59)(H,57,64,66)(H2,71,72,73)/t37-,42+,43?,44+/m1/s1. The molecule has 74 heavy (non-hydrogen) atoms. The number of hydrogen-bond donors (Lipinski definition) is 5. The van der Waals surface area contributed by atoms with Crippen LogP contribution in [0.2, 0.25) is 0 Å². The van der Waals surface area contributed by atoms with Crippen molar-refractivity contribution in [2.75, 3.05) is 26.7 Å². The Morgan fingerprint density at radius 2 is 1.72 bits per heavy atom. The third-order valence-electron chi connectivity index (χ3n) is 14.5. The second-order valence-corrected chi connectivity index (χ2v) is 21.1. The lowest BCUT2D eigenvalue weighted by molar-refractivity contribution is -0.146. The highest BCUT2D eigenvalue weighted by Gasteiger charge is 2.51. The monoisotopic (exact) mass is 1030 g/mol. The van der Waals surface area contributed by atoms with Crippen molar-refractivity contribution in [2.45, 2.75) is 108 Å². The van der Waals surface area contributed by atoms with Crippen molar-refractivity contribution in [2.24, 2.45) is 0 Å². The highest BCUT2D eigenvalue weighted by molar-refractivity contribution is 7.52. The number of hydrogen-bond acceptors (Lipinski definition) is 9. The van der Waals surface area contributed by atoms with Gasteiger partial charge in [0.1, 0.15) is 18.1 Å². The third kappa shape index (κ3) is 10.3. The SMILES string of the molecule is Cc1ccc2[nH]nc(C(=O)N3CC[C@H]4CC[C@@H](C(=O)N(C)CCCCCCC#Cc5cccc6c5CN(C5CCC(=O)NC5=O)C6=O)N4C(=O)[C@@H](NC(=O)c4ccc5ccc(C(F)(F)P(=O)(O)O)cc5c4)C3)c2c1. The van der Waals surface area contributed by atoms with Gasteiger partial charge in [0, 0.05) is 73.2 Å². The highest BCUT2D eigenvalue weighted by atomic mass is 31.2. The molecule has 386 valence electrons. The molecule has 1 unspecified atom stereocenters. The van der Waals surface area contributed by atoms with Crippen LogP contribution in [0.4, 0.5) is 8.78 Å². The molecule has 0 aliphatic carbocycles. The van der Waals surface area contributed by atoms with E-state index in [9.17, 15) is 56.7 Å². The zero-order valence-electron chi connectivity index (χ0n) is 40.7. The van der Waals surface area contributed by atoms with E-state index in [0.717, 1.165) is 48.1 Å². The van der Waals surface area contributed by atoms with E-state index in [0.29, 0.717) is 60.5 Å². The first-order valence-corrected chi connectivity index (χ1v) is 26.3. The second kappa shape index (κ2) is 20.9. The molecular formula is C53H55F2N8O10P. The van der Waals surface area contributed by atoms with Gasteiger partial charge in [-0.05, 0) is 104 Å². The molecule has 1 aromatic heterocycles. The second-order valence-electron chi connectivity index (χ2n) is 19.5. The minimum atomic E-state index is -5.89. The molecule has 5 heterocycles. The van der Waals surface area contributed by atoms with Crippen molar-refractivity contribution in [3.05, 3.63) is 112 Å². The van der Waals surface area contributed by atoms with E-state index in [1.165, 1.54) is 34.1 Å². The van der Waals surface area contributed by atoms with Gasteiger partial charge >= 0.3 is 13.3 Å². The molecule has 4 aromatic carbocycles. The van der Waals surface area contributed by atoms with E-state index in [4.69, 9.17) is 0 Å². The number of nitrogens with zero attached hydrogens (tertiary/aromatic N) is 5. The highest BCUT2D eigenvalue weighted by Crippen LogP contribution is 2.59. The summed E-state index contributed by atoms with van der Waals surface area (Å²) in [4.78, 5) is 120. The summed E-state index contributed by atoms with van der Waals surface area (Å²) in [5.41, 5.74) is -1.83. The molecule has 21 heteroatoms. The Morgan fingerprint density at radius 1 is 0.932 bits per heavy atom. The maximum Gasteiger partial charge on any atom is 0.399 e. The molecule has 18 nitrogen and oxygen atoms in total. The summed E-state index contributed by atoms with van der Waals surface area (Å²) in [5.74, 6) is 3.25. The first-order chi connectivity index (χ1) is 35.3. The number of likely N-dealkylation sites (N-methyl/N-ethyl adjacent to an activating group) is 1. The summed E-state index contributed by atoms with van der Waals surface area (Å²) in [6.07, 6.45) is 5.35. The number of fused-ring (bicyclic) bond motifs is 4. The van der Waals surface area contributed by atoms with Crippen molar-refractivity contribution in [3.63, 3.8) is 0 Å². The molecule has 0 radical (unpaired) electrons. The number of alkyl halides is 2. The number of aryl methyl sites for hydroxylation is 1. The number of rotatable bonds is 13. The van der Waals surface area contributed by atoms with Crippen LogP contribution in [0, 0.1) is 18.8 Å². The van der Waals surface area contributed by atoms with Crippen molar-refractivity contribution in [1.82, 2.24) is 40.4 Å². The van der Waals surface area contributed by atoms with Crippen LogP contribution in [0.1, 0.15) is 118 Å². The van der Waals surface area contributed by atoms with Gasteiger partial charge in [-0.15, -0.1) is 0 Å². The summed E-state index contributed by atoms with van der Waals surface area (Å²) < 4.78 is 41.1. The van der Waals surface area contributed by atoms with E-state index in [-0.39, 0.29) is 66.8 Å². The van der Waals surface area contributed by atoms with Gasteiger partial charge in [-0.3, -0.25) is 48.5 Å². The number of H-pyrrole nitrogens is 1. The number of nitrogens with one attached hydrogen (secondary N) is 3. The average molecular weight is 1030 g/mol. The van der Waals surface area contributed by atoms with Crippen molar-refractivity contribution >= 4 is 70.6 Å². The minimum Gasteiger partial charge on any atom is -0.344 e. The molecule has 3 fully saturated rings. The number of unbranched alkanes of at least 4 members (excludes halogenated alkanes) is 4. The smallest absolute Gasteiger partial charge is 0.344 e. The van der Waals surface area contributed by atoms with Crippen LogP contribution in [0.3, 0.4) is 0 Å². The normalized spacial score (nSPS) is 20.2.